The molecule has 10 heteroatoms. The summed E-state index contributed by atoms with van der Waals surface area (Å²) >= 11 is 6.22. The first-order chi connectivity index (χ1) is 16.2. The molecule has 1 atom stereocenters. The van der Waals surface area contributed by atoms with E-state index in [2.05, 4.69) is 10.0 Å². The van der Waals surface area contributed by atoms with Crippen LogP contribution in [0.3, 0.4) is 0 Å². The largest absolute Gasteiger partial charge is 0.493 e. The van der Waals surface area contributed by atoms with Gasteiger partial charge in [-0.2, -0.15) is 0 Å². The summed E-state index contributed by atoms with van der Waals surface area (Å²) in [6, 6.07) is 16.1. The molecular formula is C24H25ClN2O6S. The molecule has 34 heavy (non-hydrogen) atoms. The normalized spacial score (nSPS) is 12.1. The molecule has 0 saturated heterocycles. The van der Waals surface area contributed by atoms with Gasteiger partial charge >= 0.3 is 0 Å². The van der Waals surface area contributed by atoms with Crippen LogP contribution in [-0.2, 0) is 14.8 Å². The van der Waals surface area contributed by atoms with E-state index in [0.717, 1.165) is 5.56 Å². The van der Waals surface area contributed by atoms with E-state index in [9.17, 15) is 18.3 Å². The Morgan fingerprint density at radius 3 is 2.38 bits per heavy atom. The molecule has 3 aromatic carbocycles. The standard InChI is InChI=1S/C24H25ClN2O6S/c1-15-8-10-20(18(12-15)24(29)17-6-4-5-7-19(17)25)27-23(28)14-26-34(30,31)16-9-11-21(32-2)22(13-16)33-3/h4-13,24,26,29H,14H2,1-3H3,(H,27,28). The van der Waals surface area contributed by atoms with E-state index >= 15 is 0 Å². The molecule has 1 amide bonds. The third kappa shape index (κ3) is 5.87. The number of nitrogens with one attached hydrogen (secondary N) is 2. The number of halogens is 1. The summed E-state index contributed by atoms with van der Waals surface area (Å²) in [5, 5.41) is 14.0. The fourth-order valence-electron chi connectivity index (χ4n) is 3.31. The van der Waals surface area contributed by atoms with Crippen LogP contribution >= 0.6 is 11.6 Å². The van der Waals surface area contributed by atoms with Crippen molar-refractivity contribution in [2.45, 2.75) is 17.9 Å². The maximum atomic E-state index is 12.7. The second-order valence-electron chi connectivity index (χ2n) is 7.40. The topological polar surface area (TPSA) is 114 Å². The summed E-state index contributed by atoms with van der Waals surface area (Å²) in [5.74, 6) is 0.0105. The third-order valence-corrected chi connectivity index (χ3v) is 6.81. The van der Waals surface area contributed by atoms with Crippen LogP contribution in [-0.4, -0.2) is 40.2 Å². The van der Waals surface area contributed by atoms with Gasteiger partial charge in [-0.15, -0.1) is 0 Å². The maximum absolute atomic E-state index is 12.7. The van der Waals surface area contributed by atoms with Gasteiger partial charge in [0.15, 0.2) is 11.5 Å². The highest BCUT2D eigenvalue weighted by Crippen LogP contribution is 2.33. The lowest BCUT2D eigenvalue weighted by atomic mass is 9.98. The second-order valence-corrected chi connectivity index (χ2v) is 9.58. The van der Waals surface area contributed by atoms with Gasteiger partial charge in [-0.05, 0) is 31.2 Å². The van der Waals surface area contributed by atoms with Crippen molar-refractivity contribution in [1.29, 1.82) is 0 Å². The van der Waals surface area contributed by atoms with Crippen LogP contribution in [0.25, 0.3) is 0 Å². The minimum Gasteiger partial charge on any atom is -0.493 e. The van der Waals surface area contributed by atoms with Gasteiger partial charge < -0.3 is 19.9 Å². The predicted molar refractivity (Wildman–Crippen MR) is 130 cm³/mol. The third-order valence-electron chi connectivity index (χ3n) is 5.06. The number of rotatable bonds is 9. The first kappa shape index (κ1) is 25.5. The van der Waals surface area contributed by atoms with E-state index in [-0.39, 0.29) is 10.6 Å². The fraction of sp³-hybridized carbons (Fsp3) is 0.208. The van der Waals surface area contributed by atoms with Crippen LogP contribution in [0.2, 0.25) is 5.02 Å². The molecule has 0 radical (unpaired) electrons. The van der Waals surface area contributed by atoms with Gasteiger partial charge in [-0.3, -0.25) is 4.79 Å². The number of ether oxygens (including phenoxy) is 2. The summed E-state index contributed by atoms with van der Waals surface area (Å²) < 4.78 is 37.8. The van der Waals surface area contributed by atoms with Gasteiger partial charge in [0.2, 0.25) is 15.9 Å². The number of hydrogen-bond donors (Lipinski definition) is 3. The lowest BCUT2D eigenvalue weighted by molar-refractivity contribution is -0.115. The Hall–Kier alpha value is -3.11. The molecule has 0 saturated carbocycles. The number of anilines is 1. The monoisotopic (exact) mass is 504 g/mol. The Morgan fingerprint density at radius 1 is 1.00 bits per heavy atom. The molecule has 0 heterocycles. The number of aliphatic hydroxyl groups excluding tert-OH is 1. The molecule has 0 fully saturated rings. The average Bonchev–Trinajstić information content (AvgIpc) is 2.83. The van der Waals surface area contributed by atoms with Crippen molar-refractivity contribution >= 4 is 33.2 Å². The van der Waals surface area contributed by atoms with E-state index in [1.54, 1.807) is 42.5 Å². The quantitative estimate of drug-likeness (QED) is 0.410. The molecule has 0 spiro atoms. The van der Waals surface area contributed by atoms with Gasteiger partial charge in [0.05, 0.1) is 25.7 Å². The maximum Gasteiger partial charge on any atom is 0.241 e. The Labute approximate surface area is 203 Å². The fourth-order valence-corrected chi connectivity index (χ4v) is 4.54. The Morgan fingerprint density at radius 2 is 1.71 bits per heavy atom. The molecule has 0 aromatic heterocycles. The van der Waals surface area contributed by atoms with E-state index in [1.807, 2.05) is 6.92 Å². The Balaban J connectivity index is 1.76. The van der Waals surface area contributed by atoms with Crippen LogP contribution < -0.4 is 19.5 Å². The van der Waals surface area contributed by atoms with Gasteiger partial charge in [-0.25, -0.2) is 13.1 Å². The number of hydrogen-bond acceptors (Lipinski definition) is 6. The van der Waals surface area contributed by atoms with Crippen molar-refractivity contribution in [1.82, 2.24) is 4.72 Å². The molecular weight excluding hydrogens is 480 g/mol. The second kappa shape index (κ2) is 10.9. The van der Waals surface area contributed by atoms with E-state index in [4.69, 9.17) is 21.1 Å². The summed E-state index contributed by atoms with van der Waals surface area (Å²) in [4.78, 5) is 12.5. The van der Waals surface area contributed by atoms with Gasteiger partial charge in [-0.1, -0.05) is 47.5 Å². The molecule has 0 bridgehead atoms. The zero-order valence-corrected chi connectivity index (χ0v) is 20.4. The molecule has 1 unspecified atom stereocenters. The Bertz CT molecular complexity index is 1300. The van der Waals surface area contributed by atoms with Crippen LogP contribution in [0.15, 0.2) is 65.6 Å². The number of carbonyl (C=O) groups is 1. The first-order valence-corrected chi connectivity index (χ1v) is 12.1. The van der Waals surface area contributed by atoms with Gasteiger partial charge in [0.25, 0.3) is 0 Å². The first-order valence-electron chi connectivity index (χ1n) is 10.2. The van der Waals surface area contributed by atoms with Crippen molar-refractivity contribution in [3.63, 3.8) is 0 Å². The summed E-state index contributed by atoms with van der Waals surface area (Å²) in [6.45, 7) is 1.33. The van der Waals surface area contributed by atoms with Crippen molar-refractivity contribution in [2.24, 2.45) is 0 Å². The smallest absolute Gasteiger partial charge is 0.241 e. The van der Waals surface area contributed by atoms with Crippen molar-refractivity contribution < 1.29 is 27.8 Å². The number of aliphatic hydroxyl groups is 1. The SMILES string of the molecule is COc1ccc(S(=O)(=O)NCC(=O)Nc2ccc(C)cc2C(O)c2ccccc2Cl)cc1OC. The molecule has 180 valence electrons. The number of aryl methyl sites for hydroxylation is 1. The van der Waals surface area contributed by atoms with Crippen molar-refractivity contribution in [3.05, 3.63) is 82.4 Å². The Kier molecular flexibility index (Phi) is 8.16. The van der Waals surface area contributed by atoms with Crippen molar-refractivity contribution in [3.8, 4) is 11.5 Å². The number of amides is 1. The van der Waals surface area contributed by atoms with E-state index in [1.165, 1.54) is 32.4 Å². The zero-order chi connectivity index (χ0) is 24.9. The predicted octanol–water partition coefficient (Wildman–Crippen LogP) is 3.66. The minimum absolute atomic E-state index is 0.0804. The van der Waals surface area contributed by atoms with Gasteiger partial charge in [0.1, 0.15) is 6.10 Å². The molecule has 3 aromatic rings. The summed E-state index contributed by atoms with van der Waals surface area (Å²) in [6.07, 6.45) is -1.09. The van der Waals surface area contributed by atoms with Gasteiger partial charge in [0, 0.05) is 27.9 Å². The van der Waals surface area contributed by atoms with Crippen LogP contribution in [0.1, 0.15) is 22.8 Å². The summed E-state index contributed by atoms with van der Waals surface area (Å²) in [7, 11) is -1.16. The summed E-state index contributed by atoms with van der Waals surface area (Å²) in [5.41, 5.74) is 2.13. The number of benzene rings is 3. The van der Waals surface area contributed by atoms with Crippen molar-refractivity contribution in [2.75, 3.05) is 26.1 Å². The van der Waals surface area contributed by atoms with E-state index < -0.39 is 28.6 Å². The molecule has 0 aliphatic rings. The average molecular weight is 505 g/mol. The molecule has 0 aliphatic carbocycles. The molecule has 3 N–H and O–H groups in total. The van der Waals surface area contributed by atoms with Crippen LogP contribution in [0, 0.1) is 6.92 Å². The number of methoxy groups -OCH3 is 2. The minimum atomic E-state index is -4.00. The van der Waals surface area contributed by atoms with Crippen LogP contribution in [0.4, 0.5) is 5.69 Å². The number of sulfonamides is 1. The highest BCUT2D eigenvalue weighted by Gasteiger charge is 2.21. The molecule has 8 nitrogen and oxygen atoms in total. The lowest BCUT2D eigenvalue weighted by Gasteiger charge is -2.18. The highest BCUT2D eigenvalue weighted by atomic mass is 35.5. The highest BCUT2D eigenvalue weighted by molar-refractivity contribution is 7.89. The zero-order valence-electron chi connectivity index (χ0n) is 18.8. The lowest BCUT2D eigenvalue weighted by Crippen LogP contribution is -2.33. The molecule has 0 aliphatic heterocycles. The molecule has 3 rings (SSSR count). The number of carbonyl (C=O) groups excluding carboxylic acids is 1. The van der Waals surface area contributed by atoms with Crippen LogP contribution in [0.5, 0.6) is 11.5 Å². The van der Waals surface area contributed by atoms with E-state index in [0.29, 0.717) is 27.6 Å².